The van der Waals surface area contributed by atoms with E-state index in [9.17, 15) is 4.39 Å². The van der Waals surface area contributed by atoms with E-state index >= 15 is 0 Å². The number of aromatic nitrogens is 2. The molecule has 1 heterocycles. The summed E-state index contributed by atoms with van der Waals surface area (Å²) in [6, 6.07) is 7.02. The zero-order valence-electron chi connectivity index (χ0n) is 10.8. The second kappa shape index (κ2) is 5.13. The fourth-order valence-electron chi connectivity index (χ4n) is 2.90. The second-order valence-electron chi connectivity index (χ2n) is 5.21. The third-order valence-corrected chi connectivity index (χ3v) is 3.94. The third-order valence-electron chi connectivity index (χ3n) is 3.94. The first-order valence-electron chi connectivity index (χ1n) is 6.79. The Hall–Kier alpha value is -1.68. The molecule has 19 heavy (non-hydrogen) atoms. The molecule has 1 aromatic heterocycles. The molecule has 1 aliphatic carbocycles. The lowest BCUT2D eigenvalue weighted by Crippen LogP contribution is -2.35. The number of imidazole rings is 1. The van der Waals surface area contributed by atoms with Gasteiger partial charge >= 0.3 is 0 Å². The van der Waals surface area contributed by atoms with E-state index in [0.29, 0.717) is 6.04 Å². The van der Waals surface area contributed by atoms with E-state index in [1.54, 1.807) is 12.1 Å². The predicted octanol–water partition coefficient (Wildman–Crippen LogP) is 3.13. The van der Waals surface area contributed by atoms with Crippen LogP contribution in [0.25, 0.3) is 11.3 Å². The van der Waals surface area contributed by atoms with Gasteiger partial charge in [-0.2, -0.15) is 0 Å². The summed E-state index contributed by atoms with van der Waals surface area (Å²) in [5.74, 6) is -0.218. The van der Waals surface area contributed by atoms with E-state index in [-0.39, 0.29) is 11.9 Å². The first-order valence-corrected chi connectivity index (χ1v) is 6.79. The van der Waals surface area contributed by atoms with Gasteiger partial charge in [0.15, 0.2) is 0 Å². The van der Waals surface area contributed by atoms with Crippen molar-refractivity contribution in [3.8, 4) is 11.3 Å². The summed E-state index contributed by atoms with van der Waals surface area (Å²) in [6.07, 6.45) is 8.23. The Kier molecular flexibility index (Phi) is 3.34. The molecule has 0 spiro atoms. The van der Waals surface area contributed by atoms with Crippen molar-refractivity contribution in [2.75, 3.05) is 0 Å². The van der Waals surface area contributed by atoms with Crippen molar-refractivity contribution in [1.29, 1.82) is 0 Å². The van der Waals surface area contributed by atoms with E-state index in [4.69, 9.17) is 5.73 Å². The van der Waals surface area contributed by atoms with Gasteiger partial charge in [0.25, 0.3) is 0 Å². The number of halogens is 1. The Bertz CT molecular complexity index is 547. The summed E-state index contributed by atoms with van der Waals surface area (Å²) in [7, 11) is 0. The molecule has 2 N–H and O–H groups in total. The van der Waals surface area contributed by atoms with Crippen LogP contribution in [0.3, 0.4) is 0 Å². The number of benzene rings is 1. The van der Waals surface area contributed by atoms with Crippen LogP contribution in [0, 0.1) is 5.82 Å². The molecule has 2 unspecified atom stereocenters. The van der Waals surface area contributed by atoms with E-state index in [1.165, 1.54) is 25.0 Å². The lowest BCUT2D eigenvalue weighted by Gasteiger charge is -2.30. The number of hydrogen-bond acceptors (Lipinski definition) is 2. The number of nitrogens with two attached hydrogens (primary N) is 1. The summed E-state index contributed by atoms with van der Waals surface area (Å²) in [6.45, 7) is 0. The van der Waals surface area contributed by atoms with Gasteiger partial charge in [-0.1, -0.05) is 12.8 Å². The number of hydrogen-bond donors (Lipinski definition) is 1. The highest BCUT2D eigenvalue weighted by Crippen LogP contribution is 2.31. The summed E-state index contributed by atoms with van der Waals surface area (Å²) in [5, 5.41) is 0. The first-order chi connectivity index (χ1) is 9.25. The van der Waals surface area contributed by atoms with Crippen molar-refractivity contribution in [2.45, 2.75) is 37.8 Å². The molecular weight excluding hydrogens is 241 g/mol. The lowest BCUT2D eigenvalue weighted by molar-refractivity contribution is 0.308. The Balaban J connectivity index is 1.95. The van der Waals surface area contributed by atoms with E-state index in [1.807, 2.05) is 12.5 Å². The number of nitrogens with zero attached hydrogens (tertiary/aromatic N) is 2. The van der Waals surface area contributed by atoms with Crippen LogP contribution in [-0.2, 0) is 0 Å². The van der Waals surface area contributed by atoms with Gasteiger partial charge in [-0.3, -0.25) is 0 Å². The molecular formula is C15H18FN3. The third kappa shape index (κ3) is 2.40. The minimum absolute atomic E-state index is 0.183. The lowest BCUT2D eigenvalue weighted by atomic mass is 9.90. The maximum absolute atomic E-state index is 13.0. The maximum atomic E-state index is 13.0. The van der Waals surface area contributed by atoms with Crippen molar-refractivity contribution >= 4 is 0 Å². The molecule has 0 amide bonds. The van der Waals surface area contributed by atoms with Crippen molar-refractivity contribution in [3.63, 3.8) is 0 Å². The van der Waals surface area contributed by atoms with Gasteiger partial charge in [0.1, 0.15) is 5.82 Å². The van der Waals surface area contributed by atoms with Crippen molar-refractivity contribution < 1.29 is 4.39 Å². The number of rotatable bonds is 2. The molecule has 1 aliphatic rings. The largest absolute Gasteiger partial charge is 0.326 e. The molecule has 1 fully saturated rings. The van der Waals surface area contributed by atoms with Crippen LogP contribution in [0.1, 0.15) is 31.7 Å². The van der Waals surface area contributed by atoms with Gasteiger partial charge in [0.2, 0.25) is 0 Å². The van der Waals surface area contributed by atoms with Gasteiger partial charge in [0, 0.05) is 6.04 Å². The second-order valence-corrected chi connectivity index (χ2v) is 5.21. The zero-order valence-corrected chi connectivity index (χ0v) is 10.8. The van der Waals surface area contributed by atoms with Crippen LogP contribution in [0.2, 0.25) is 0 Å². The summed E-state index contributed by atoms with van der Waals surface area (Å²) in [4.78, 5) is 4.24. The zero-order chi connectivity index (χ0) is 13.2. The van der Waals surface area contributed by atoms with Crippen LogP contribution in [-0.4, -0.2) is 15.6 Å². The SMILES string of the molecule is NC1CCCCC1n1cncc1-c1ccc(F)cc1. The molecule has 3 nitrogen and oxygen atoms in total. The van der Waals surface area contributed by atoms with Crippen molar-refractivity contribution in [3.05, 3.63) is 42.6 Å². The average Bonchev–Trinajstić information content (AvgIpc) is 2.89. The minimum Gasteiger partial charge on any atom is -0.326 e. The fourth-order valence-corrected chi connectivity index (χ4v) is 2.90. The molecule has 4 heteroatoms. The summed E-state index contributed by atoms with van der Waals surface area (Å²) >= 11 is 0. The fraction of sp³-hybridized carbons (Fsp3) is 0.400. The summed E-state index contributed by atoms with van der Waals surface area (Å²) < 4.78 is 15.2. The van der Waals surface area contributed by atoms with E-state index in [0.717, 1.165) is 24.1 Å². The van der Waals surface area contributed by atoms with Crippen LogP contribution >= 0.6 is 0 Å². The quantitative estimate of drug-likeness (QED) is 0.900. The highest BCUT2D eigenvalue weighted by Gasteiger charge is 2.25. The van der Waals surface area contributed by atoms with Crippen molar-refractivity contribution in [2.24, 2.45) is 5.73 Å². The predicted molar refractivity (Wildman–Crippen MR) is 73.1 cm³/mol. The van der Waals surface area contributed by atoms with Gasteiger partial charge < -0.3 is 10.3 Å². The molecule has 2 aromatic rings. The molecule has 0 saturated heterocycles. The normalized spacial score (nSPS) is 23.5. The van der Waals surface area contributed by atoms with Gasteiger partial charge in [-0.05, 0) is 42.7 Å². The van der Waals surface area contributed by atoms with E-state index < -0.39 is 0 Å². The maximum Gasteiger partial charge on any atom is 0.123 e. The molecule has 0 radical (unpaired) electrons. The first kappa shape index (κ1) is 12.4. The van der Waals surface area contributed by atoms with Gasteiger partial charge in [0.05, 0.1) is 24.3 Å². The Morgan fingerprint density at radius 2 is 1.89 bits per heavy atom. The highest BCUT2D eigenvalue weighted by atomic mass is 19.1. The molecule has 1 saturated carbocycles. The smallest absolute Gasteiger partial charge is 0.123 e. The van der Waals surface area contributed by atoms with Gasteiger partial charge in [-0.25, -0.2) is 9.37 Å². The van der Waals surface area contributed by atoms with E-state index in [2.05, 4.69) is 9.55 Å². The van der Waals surface area contributed by atoms with Crippen molar-refractivity contribution in [1.82, 2.24) is 9.55 Å². The molecule has 0 aliphatic heterocycles. The van der Waals surface area contributed by atoms with Crippen LogP contribution in [0.15, 0.2) is 36.8 Å². The molecule has 0 bridgehead atoms. The standard InChI is InChI=1S/C15H18FN3/c16-12-7-5-11(6-8-12)15-9-18-10-19(15)14-4-2-1-3-13(14)17/h5-10,13-14H,1-4,17H2. The Morgan fingerprint density at radius 3 is 2.63 bits per heavy atom. The van der Waals surface area contributed by atoms with Gasteiger partial charge in [-0.15, -0.1) is 0 Å². The topological polar surface area (TPSA) is 43.8 Å². The Morgan fingerprint density at radius 1 is 1.16 bits per heavy atom. The monoisotopic (exact) mass is 259 g/mol. The molecule has 1 aromatic carbocycles. The highest BCUT2D eigenvalue weighted by molar-refractivity contribution is 5.58. The van der Waals surface area contributed by atoms with Crippen LogP contribution in [0.4, 0.5) is 4.39 Å². The minimum atomic E-state index is -0.218. The Labute approximate surface area is 112 Å². The summed E-state index contributed by atoms with van der Waals surface area (Å²) in [5.41, 5.74) is 8.23. The molecule has 2 atom stereocenters. The molecule has 3 rings (SSSR count). The average molecular weight is 259 g/mol. The van der Waals surface area contributed by atoms with Crippen LogP contribution in [0.5, 0.6) is 0 Å². The molecule has 100 valence electrons. The van der Waals surface area contributed by atoms with Crippen LogP contribution < -0.4 is 5.73 Å².